The number of hydrogen-bond acceptors (Lipinski definition) is 5. The fraction of sp³-hybridized carbons (Fsp3) is 0.462. The molecule has 0 unspecified atom stereocenters. The van der Waals surface area contributed by atoms with Crippen molar-refractivity contribution in [3.05, 3.63) is 18.2 Å². The molecule has 0 fully saturated rings. The van der Waals surface area contributed by atoms with Gasteiger partial charge in [-0.3, -0.25) is 0 Å². The van der Waals surface area contributed by atoms with Crippen molar-refractivity contribution in [3.63, 3.8) is 0 Å². The van der Waals surface area contributed by atoms with Gasteiger partial charge in [0, 0.05) is 17.7 Å². The van der Waals surface area contributed by atoms with Crippen LogP contribution in [-0.2, 0) is 0 Å². The van der Waals surface area contributed by atoms with Crippen molar-refractivity contribution in [3.8, 4) is 11.5 Å². The van der Waals surface area contributed by atoms with Crippen LogP contribution in [0.15, 0.2) is 28.3 Å². The number of rotatable bonds is 5. The van der Waals surface area contributed by atoms with E-state index in [9.17, 15) is 0 Å². The van der Waals surface area contributed by atoms with E-state index in [4.69, 9.17) is 20.4 Å². The van der Waals surface area contributed by atoms with E-state index < -0.39 is 0 Å². The van der Waals surface area contributed by atoms with E-state index >= 15 is 0 Å². The average molecular weight is 282 g/mol. The first-order chi connectivity index (χ1) is 9.29. The van der Waals surface area contributed by atoms with Crippen LogP contribution in [0.25, 0.3) is 0 Å². The number of oxime groups is 1. The molecule has 0 bridgehead atoms. The Morgan fingerprint density at radius 3 is 2.89 bits per heavy atom. The van der Waals surface area contributed by atoms with E-state index in [0.717, 1.165) is 35.0 Å². The zero-order valence-corrected chi connectivity index (χ0v) is 11.5. The van der Waals surface area contributed by atoms with Crippen LogP contribution in [0.4, 0.5) is 0 Å². The van der Waals surface area contributed by atoms with Gasteiger partial charge >= 0.3 is 0 Å². The van der Waals surface area contributed by atoms with Crippen LogP contribution < -0.4 is 15.2 Å². The van der Waals surface area contributed by atoms with Crippen LogP contribution in [0.1, 0.15) is 19.3 Å². The summed E-state index contributed by atoms with van der Waals surface area (Å²) in [6, 6.07) is 5.99. The lowest BCUT2D eigenvalue weighted by molar-refractivity contribution is 0.297. The van der Waals surface area contributed by atoms with Gasteiger partial charge in [-0.2, -0.15) is 0 Å². The summed E-state index contributed by atoms with van der Waals surface area (Å²) in [5.41, 5.74) is 5.42. The first kappa shape index (κ1) is 13.9. The van der Waals surface area contributed by atoms with Gasteiger partial charge in [-0.25, -0.2) is 0 Å². The lowest BCUT2D eigenvalue weighted by Gasteiger charge is -2.09. The highest BCUT2D eigenvalue weighted by molar-refractivity contribution is 7.99. The Bertz CT molecular complexity index is 452. The summed E-state index contributed by atoms with van der Waals surface area (Å²) >= 11 is 1.72. The van der Waals surface area contributed by atoms with Gasteiger partial charge in [0.25, 0.3) is 0 Å². The zero-order chi connectivity index (χ0) is 13.5. The van der Waals surface area contributed by atoms with Crippen LogP contribution >= 0.6 is 11.8 Å². The molecule has 19 heavy (non-hydrogen) atoms. The molecule has 0 saturated carbocycles. The van der Waals surface area contributed by atoms with Crippen molar-refractivity contribution in [2.24, 2.45) is 10.9 Å². The van der Waals surface area contributed by atoms with Gasteiger partial charge in [0.05, 0.1) is 13.2 Å². The second-order valence-corrected chi connectivity index (χ2v) is 5.37. The number of ether oxygens (including phenoxy) is 2. The highest BCUT2D eigenvalue weighted by Gasteiger charge is 2.10. The first-order valence-corrected chi connectivity index (χ1v) is 7.27. The van der Waals surface area contributed by atoms with Gasteiger partial charge < -0.3 is 20.4 Å². The number of hydrogen-bond donors (Lipinski definition) is 2. The second-order valence-electron chi connectivity index (χ2n) is 4.20. The normalized spacial score (nSPS) is 15.1. The standard InChI is InChI=1S/C13H18N2O3S/c14-13(15-16)3-1-8-19-10-4-5-11-12(9-10)18-7-2-6-17-11/h4-5,9,16H,1-3,6-8H2,(H2,14,15). The molecule has 0 aromatic heterocycles. The molecule has 3 N–H and O–H groups in total. The molecule has 0 saturated heterocycles. The molecule has 1 aromatic carbocycles. The summed E-state index contributed by atoms with van der Waals surface area (Å²) in [5.74, 6) is 2.83. The van der Waals surface area contributed by atoms with Crippen molar-refractivity contribution in [1.82, 2.24) is 0 Å². The van der Waals surface area contributed by atoms with Gasteiger partial charge in [0.15, 0.2) is 11.5 Å². The van der Waals surface area contributed by atoms with Crippen molar-refractivity contribution >= 4 is 17.6 Å². The van der Waals surface area contributed by atoms with Crippen LogP contribution in [-0.4, -0.2) is 30.0 Å². The van der Waals surface area contributed by atoms with Crippen LogP contribution in [0.2, 0.25) is 0 Å². The maximum atomic E-state index is 8.44. The number of thioether (sulfide) groups is 1. The number of fused-ring (bicyclic) bond motifs is 1. The Kier molecular flexibility index (Phi) is 5.20. The quantitative estimate of drug-likeness (QED) is 0.217. The molecule has 1 aliphatic heterocycles. The third-order valence-corrected chi connectivity index (χ3v) is 3.77. The molecule has 0 atom stereocenters. The van der Waals surface area contributed by atoms with E-state index in [1.807, 2.05) is 18.2 Å². The van der Waals surface area contributed by atoms with E-state index in [-0.39, 0.29) is 5.84 Å². The number of benzene rings is 1. The highest BCUT2D eigenvalue weighted by Crippen LogP contribution is 2.34. The molecular formula is C13H18N2O3S. The molecule has 5 nitrogen and oxygen atoms in total. The molecule has 0 aliphatic carbocycles. The SMILES string of the molecule is N/C(CCCSc1ccc2c(c1)OCCCO2)=N/O. The number of amidine groups is 1. The lowest BCUT2D eigenvalue weighted by Crippen LogP contribution is -2.11. The molecule has 6 heteroatoms. The van der Waals surface area contributed by atoms with Crippen molar-refractivity contribution in [2.45, 2.75) is 24.2 Å². The molecule has 2 rings (SSSR count). The first-order valence-electron chi connectivity index (χ1n) is 6.28. The minimum atomic E-state index is 0.277. The topological polar surface area (TPSA) is 77.1 Å². The maximum absolute atomic E-state index is 8.44. The zero-order valence-electron chi connectivity index (χ0n) is 10.7. The van der Waals surface area contributed by atoms with Crippen molar-refractivity contribution < 1.29 is 14.7 Å². The van der Waals surface area contributed by atoms with Gasteiger partial charge in [0.2, 0.25) is 0 Å². The smallest absolute Gasteiger partial charge is 0.162 e. The highest BCUT2D eigenvalue weighted by atomic mass is 32.2. The number of nitrogens with two attached hydrogens (primary N) is 1. The van der Waals surface area contributed by atoms with E-state index in [0.29, 0.717) is 19.6 Å². The van der Waals surface area contributed by atoms with E-state index in [2.05, 4.69) is 5.16 Å². The molecular weight excluding hydrogens is 264 g/mol. The summed E-state index contributed by atoms with van der Waals surface area (Å²) in [6.45, 7) is 1.41. The van der Waals surface area contributed by atoms with Gasteiger partial charge in [-0.1, -0.05) is 5.16 Å². The Morgan fingerprint density at radius 1 is 1.32 bits per heavy atom. The molecule has 0 spiro atoms. The Morgan fingerprint density at radius 2 is 2.11 bits per heavy atom. The third-order valence-electron chi connectivity index (χ3n) is 2.69. The molecule has 0 amide bonds. The predicted octanol–water partition coefficient (Wildman–Crippen LogP) is 2.47. The molecule has 1 aliphatic rings. The largest absolute Gasteiger partial charge is 0.490 e. The van der Waals surface area contributed by atoms with E-state index in [1.165, 1.54) is 0 Å². The molecule has 0 radical (unpaired) electrons. The lowest BCUT2D eigenvalue weighted by atomic mass is 10.3. The maximum Gasteiger partial charge on any atom is 0.162 e. The van der Waals surface area contributed by atoms with E-state index in [1.54, 1.807) is 11.8 Å². The summed E-state index contributed by atoms with van der Waals surface area (Å²) in [5, 5.41) is 11.4. The predicted molar refractivity (Wildman–Crippen MR) is 75.4 cm³/mol. The van der Waals surface area contributed by atoms with Gasteiger partial charge in [-0.15, -0.1) is 11.8 Å². The molecule has 1 heterocycles. The van der Waals surface area contributed by atoms with Crippen molar-refractivity contribution in [1.29, 1.82) is 0 Å². The Labute approximate surface area is 116 Å². The van der Waals surface area contributed by atoms with Gasteiger partial charge in [-0.05, 0) is 30.4 Å². The summed E-state index contributed by atoms with van der Waals surface area (Å²) < 4.78 is 11.2. The molecule has 104 valence electrons. The molecule has 1 aromatic rings. The Balaban J connectivity index is 1.86. The van der Waals surface area contributed by atoms with Crippen LogP contribution in [0.5, 0.6) is 11.5 Å². The number of nitrogens with zero attached hydrogens (tertiary/aromatic N) is 1. The fourth-order valence-corrected chi connectivity index (χ4v) is 2.61. The fourth-order valence-electron chi connectivity index (χ4n) is 1.73. The Hall–Kier alpha value is -1.56. The average Bonchev–Trinajstić information content (AvgIpc) is 2.68. The monoisotopic (exact) mass is 282 g/mol. The second kappa shape index (κ2) is 7.13. The van der Waals surface area contributed by atoms with Crippen LogP contribution in [0.3, 0.4) is 0 Å². The summed E-state index contributed by atoms with van der Waals surface area (Å²) in [4.78, 5) is 1.14. The van der Waals surface area contributed by atoms with Crippen molar-refractivity contribution in [2.75, 3.05) is 19.0 Å². The summed E-state index contributed by atoms with van der Waals surface area (Å²) in [6.07, 6.45) is 2.39. The minimum Gasteiger partial charge on any atom is -0.490 e. The van der Waals surface area contributed by atoms with Gasteiger partial charge in [0.1, 0.15) is 5.84 Å². The summed E-state index contributed by atoms with van der Waals surface area (Å²) in [7, 11) is 0. The minimum absolute atomic E-state index is 0.277. The third kappa shape index (κ3) is 4.24. The van der Waals surface area contributed by atoms with Crippen LogP contribution in [0, 0.1) is 0 Å².